The molecule has 1 unspecified atom stereocenters. The largest absolute Gasteiger partial charge is 0.330 e. The van der Waals surface area contributed by atoms with Gasteiger partial charge in [-0.05, 0) is 44.9 Å². The number of aryl methyl sites for hydroxylation is 3. The number of nitrogens with one attached hydrogen (secondary N) is 1. The first kappa shape index (κ1) is 16.1. The van der Waals surface area contributed by atoms with Crippen molar-refractivity contribution in [1.82, 2.24) is 0 Å². The van der Waals surface area contributed by atoms with Crippen molar-refractivity contribution in [2.24, 2.45) is 5.73 Å². The first-order chi connectivity index (χ1) is 8.93. The van der Waals surface area contributed by atoms with E-state index < -0.39 is 0 Å². The molecule has 1 atom stereocenters. The van der Waals surface area contributed by atoms with Crippen LogP contribution in [0.1, 0.15) is 30.0 Å². The van der Waals surface area contributed by atoms with E-state index in [-0.39, 0.29) is 5.91 Å². The Morgan fingerprint density at radius 3 is 2.42 bits per heavy atom. The van der Waals surface area contributed by atoms with Gasteiger partial charge in [-0.25, -0.2) is 0 Å². The van der Waals surface area contributed by atoms with Crippen LogP contribution in [0.15, 0.2) is 12.1 Å². The third-order valence-corrected chi connectivity index (χ3v) is 4.25. The monoisotopic (exact) mass is 280 g/mol. The second-order valence-electron chi connectivity index (χ2n) is 5.02. The number of hydrogen-bond acceptors (Lipinski definition) is 3. The van der Waals surface area contributed by atoms with E-state index in [9.17, 15) is 4.79 Å². The summed E-state index contributed by atoms with van der Waals surface area (Å²) in [6.07, 6.45) is 0.945. The molecule has 1 amide bonds. The normalized spacial score (nSPS) is 12.3. The Morgan fingerprint density at radius 2 is 1.89 bits per heavy atom. The molecule has 0 aliphatic carbocycles. The predicted octanol–water partition coefficient (Wildman–Crippen LogP) is 3.02. The smallest absolute Gasteiger partial charge is 0.234 e. The molecule has 0 aliphatic heterocycles. The zero-order valence-corrected chi connectivity index (χ0v) is 13.1. The number of carbonyl (C=O) groups excluding carboxylic acids is 1. The predicted molar refractivity (Wildman–Crippen MR) is 84.9 cm³/mol. The molecule has 0 saturated carbocycles. The van der Waals surface area contributed by atoms with Crippen LogP contribution < -0.4 is 11.1 Å². The van der Waals surface area contributed by atoms with Crippen molar-refractivity contribution >= 4 is 23.4 Å². The Kier molecular flexibility index (Phi) is 6.38. The minimum absolute atomic E-state index is 0.0592. The van der Waals surface area contributed by atoms with Crippen molar-refractivity contribution in [2.75, 3.05) is 17.6 Å². The van der Waals surface area contributed by atoms with Crippen LogP contribution in [0.4, 0.5) is 5.69 Å². The number of nitrogens with two attached hydrogens (primary N) is 1. The fraction of sp³-hybridized carbons (Fsp3) is 0.533. The lowest BCUT2D eigenvalue weighted by atomic mass is 10.1. The molecular formula is C15H24N2OS. The van der Waals surface area contributed by atoms with Crippen LogP contribution >= 0.6 is 11.8 Å². The highest BCUT2D eigenvalue weighted by molar-refractivity contribution is 8.00. The van der Waals surface area contributed by atoms with E-state index in [2.05, 4.69) is 31.3 Å². The number of amides is 1. The Balaban J connectivity index is 2.58. The summed E-state index contributed by atoms with van der Waals surface area (Å²) in [6, 6.07) is 4.18. The average Bonchev–Trinajstić information content (AvgIpc) is 2.31. The summed E-state index contributed by atoms with van der Waals surface area (Å²) >= 11 is 1.65. The summed E-state index contributed by atoms with van der Waals surface area (Å²) in [5.41, 5.74) is 9.90. The lowest BCUT2D eigenvalue weighted by molar-refractivity contribution is -0.113. The lowest BCUT2D eigenvalue weighted by Gasteiger charge is -2.14. The van der Waals surface area contributed by atoms with E-state index in [4.69, 9.17) is 5.73 Å². The number of rotatable bonds is 6. The van der Waals surface area contributed by atoms with Gasteiger partial charge in [0.25, 0.3) is 0 Å². The molecule has 0 aromatic heterocycles. The van der Waals surface area contributed by atoms with E-state index >= 15 is 0 Å². The fourth-order valence-corrected chi connectivity index (χ4v) is 2.90. The first-order valence-corrected chi connectivity index (χ1v) is 7.68. The van der Waals surface area contributed by atoms with Crippen LogP contribution in [-0.4, -0.2) is 23.5 Å². The van der Waals surface area contributed by atoms with Gasteiger partial charge in [0.1, 0.15) is 0 Å². The Labute approximate surface area is 120 Å². The minimum Gasteiger partial charge on any atom is -0.330 e. The van der Waals surface area contributed by atoms with Crippen LogP contribution in [-0.2, 0) is 4.79 Å². The molecule has 3 N–H and O–H groups in total. The molecule has 0 radical (unpaired) electrons. The van der Waals surface area contributed by atoms with Crippen molar-refractivity contribution in [1.29, 1.82) is 0 Å². The van der Waals surface area contributed by atoms with E-state index in [0.29, 0.717) is 17.5 Å². The van der Waals surface area contributed by atoms with Crippen molar-refractivity contribution in [3.8, 4) is 0 Å². The van der Waals surface area contributed by atoms with E-state index in [1.807, 2.05) is 13.8 Å². The molecule has 1 rings (SSSR count). The van der Waals surface area contributed by atoms with Gasteiger partial charge >= 0.3 is 0 Å². The van der Waals surface area contributed by atoms with E-state index in [1.165, 1.54) is 5.56 Å². The van der Waals surface area contributed by atoms with Gasteiger partial charge in [-0.3, -0.25) is 4.79 Å². The molecule has 0 fully saturated rings. The molecule has 0 bridgehead atoms. The maximum atomic E-state index is 11.9. The minimum atomic E-state index is 0.0592. The van der Waals surface area contributed by atoms with Crippen molar-refractivity contribution in [3.63, 3.8) is 0 Å². The Morgan fingerprint density at radius 1 is 1.32 bits per heavy atom. The highest BCUT2D eigenvalue weighted by atomic mass is 32.2. The quantitative estimate of drug-likeness (QED) is 0.842. The lowest BCUT2D eigenvalue weighted by Crippen LogP contribution is -2.18. The number of hydrogen-bond donors (Lipinski definition) is 2. The summed E-state index contributed by atoms with van der Waals surface area (Å²) in [6.45, 7) is 8.90. The van der Waals surface area contributed by atoms with Gasteiger partial charge < -0.3 is 11.1 Å². The fourth-order valence-electron chi connectivity index (χ4n) is 2.09. The number of thioether (sulfide) groups is 1. The van der Waals surface area contributed by atoms with Crippen LogP contribution in [0.2, 0.25) is 0 Å². The molecular weight excluding hydrogens is 256 g/mol. The summed E-state index contributed by atoms with van der Waals surface area (Å²) in [5, 5.41) is 3.44. The second kappa shape index (κ2) is 7.56. The van der Waals surface area contributed by atoms with Crippen LogP contribution in [0.3, 0.4) is 0 Å². The molecule has 3 nitrogen and oxygen atoms in total. The van der Waals surface area contributed by atoms with Crippen LogP contribution in [0.5, 0.6) is 0 Å². The maximum absolute atomic E-state index is 11.9. The standard InChI is InChI=1S/C15H24N2OS/c1-10-7-11(2)15(12(3)8-10)17-14(18)9-19-13(4)5-6-16/h7-8,13H,5-6,9,16H2,1-4H3,(H,17,18). The first-order valence-electron chi connectivity index (χ1n) is 6.63. The number of carbonyl (C=O) groups is 1. The highest BCUT2D eigenvalue weighted by Gasteiger charge is 2.10. The van der Waals surface area contributed by atoms with E-state index in [1.54, 1.807) is 11.8 Å². The van der Waals surface area contributed by atoms with Gasteiger partial charge in [0, 0.05) is 10.9 Å². The third-order valence-electron chi connectivity index (χ3n) is 3.01. The van der Waals surface area contributed by atoms with Gasteiger partial charge in [-0.1, -0.05) is 24.6 Å². The summed E-state index contributed by atoms with van der Waals surface area (Å²) in [7, 11) is 0. The number of benzene rings is 1. The zero-order valence-electron chi connectivity index (χ0n) is 12.2. The molecule has 0 spiro atoms. The zero-order chi connectivity index (χ0) is 14.4. The van der Waals surface area contributed by atoms with Crippen molar-refractivity contribution in [3.05, 3.63) is 28.8 Å². The summed E-state index contributed by atoms with van der Waals surface area (Å²) < 4.78 is 0. The van der Waals surface area contributed by atoms with Crippen molar-refractivity contribution in [2.45, 2.75) is 39.4 Å². The second-order valence-corrected chi connectivity index (χ2v) is 6.45. The Hall–Kier alpha value is -1.00. The van der Waals surface area contributed by atoms with Gasteiger partial charge in [0.2, 0.25) is 5.91 Å². The molecule has 1 aromatic carbocycles. The average molecular weight is 280 g/mol. The van der Waals surface area contributed by atoms with Gasteiger partial charge in [0.05, 0.1) is 5.75 Å². The third kappa shape index (κ3) is 5.25. The summed E-state index contributed by atoms with van der Waals surface area (Å²) in [5.74, 6) is 0.539. The van der Waals surface area contributed by atoms with Gasteiger partial charge in [-0.15, -0.1) is 11.8 Å². The molecule has 19 heavy (non-hydrogen) atoms. The van der Waals surface area contributed by atoms with Crippen LogP contribution in [0.25, 0.3) is 0 Å². The SMILES string of the molecule is Cc1cc(C)c(NC(=O)CSC(C)CCN)c(C)c1. The van der Waals surface area contributed by atoms with E-state index in [0.717, 1.165) is 23.2 Å². The molecule has 4 heteroatoms. The summed E-state index contributed by atoms with van der Waals surface area (Å²) in [4.78, 5) is 11.9. The van der Waals surface area contributed by atoms with Gasteiger partial charge in [0.15, 0.2) is 0 Å². The molecule has 0 aliphatic rings. The van der Waals surface area contributed by atoms with Crippen LogP contribution in [0, 0.1) is 20.8 Å². The molecule has 0 heterocycles. The molecule has 106 valence electrons. The number of anilines is 1. The topological polar surface area (TPSA) is 55.1 Å². The van der Waals surface area contributed by atoms with Crippen molar-refractivity contribution < 1.29 is 4.79 Å². The maximum Gasteiger partial charge on any atom is 0.234 e. The molecule has 1 aromatic rings. The van der Waals surface area contributed by atoms with Gasteiger partial charge in [-0.2, -0.15) is 0 Å². The Bertz CT molecular complexity index is 423. The highest BCUT2D eigenvalue weighted by Crippen LogP contribution is 2.22. The molecule has 0 saturated heterocycles.